The van der Waals surface area contributed by atoms with E-state index in [4.69, 9.17) is 0 Å². The Morgan fingerprint density at radius 1 is 1.24 bits per heavy atom. The minimum absolute atomic E-state index is 0.152. The quantitative estimate of drug-likeness (QED) is 0.508. The zero-order valence-corrected chi connectivity index (χ0v) is 15.7. The lowest BCUT2D eigenvalue weighted by Crippen LogP contribution is -2.54. The molecule has 0 radical (unpaired) electrons. The minimum Gasteiger partial charge on any atom is -0.350 e. The van der Waals surface area contributed by atoms with Crippen LogP contribution in [0, 0.1) is 5.92 Å². The van der Waals surface area contributed by atoms with E-state index >= 15 is 0 Å². The van der Waals surface area contributed by atoms with Gasteiger partial charge < -0.3 is 21.3 Å². The maximum Gasteiger partial charge on any atom is 0.243 e. The van der Waals surface area contributed by atoms with Gasteiger partial charge in [0, 0.05) is 12.0 Å². The Hall–Kier alpha value is -2.12. The molecule has 142 valence electrons. The van der Waals surface area contributed by atoms with Crippen LogP contribution in [0.15, 0.2) is 0 Å². The first-order valence-electron chi connectivity index (χ1n) is 8.66. The highest BCUT2D eigenvalue weighted by molar-refractivity contribution is 5.94. The monoisotopic (exact) mass is 354 g/mol. The van der Waals surface area contributed by atoms with Crippen molar-refractivity contribution in [3.05, 3.63) is 0 Å². The third-order valence-corrected chi connectivity index (χ3v) is 3.59. The fourth-order valence-corrected chi connectivity index (χ4v) is 2.54. The van der Waals surface area contributed by atoms with Crippen LogP contribution >= 0.6 is 0 Å². The van der Waals surface area contributed by atoms with Gasteiger partial charge in [0.05, 0.1) is 6.54 Å². The smallest absolute Gasteiger partial charge is 0.243 e. The lowest BCUT2D eigenvalue weighted by molar-refractivity contribution is -0.132. The fraction of sp³-hybridized carbons (Fsp3) is 0.765. The summed E-state index contributed by atoms with van der Waals surface area (Å²) in [5, 5.41) is 10.6. The first-order valence-corrected chi connectivity index (χ1v) is 8.66. The SMILES string of the molecule is CC(C)C[C@H](NC(=O)[C@@H]1CCC(=O)N1)C(=O)NCC(=O)NC(C)(C)C. The number of carbonyl (C=O) groups excluding carboxylic acids is 4. The van der Waals surface area contributed by atoms with Crippen LogP contribution in [0.5, 0.6) is 0 Å². The van der Waals surface area contributed by atoms with Crippen molar-refractivity contribution in [3.63, 3.8) is 0 Å². The van der Waals surface area contributed by atoms with Crippen LogP contribution in [0.25, 0.3) is 0 Å². The highest BCUT2D eigenvalue weighted by Gasteiger charge is 2.30. The van der Waals surface area contributed by atoms with E-state index in [0.717, 1.165) is 0 Å². The van der Waals surface area contributed by atoms with Gasteiger partial charge in [0.1, 0.15) is 12.1 Å². The van der Waals surface area contributed by atoms with Gasteiger partial charge in [-0.3, -0.25) is 19.2 Å². The van der Waals surface area contributed by atoms with E-state index < -0.39 is 18.0 Å². The van der Waals surface area contributed by atoms with Crippen molar-refractivity contribution < 1.29 is 19.2 Å². The standard InChI is InChI=1S/C17H30N4O4/c1-10(2)8-12(20-16(25)11-6-7-13(22)19-11)15(24)18-9-14(23)21-17(3,4)5/h10-12H,6-9H2,1-5H3,(H,18,24)(H,19,22)(H,20,25)(H,21,23)/t11-,12-/m0/s1. The van der Waals surface area contributed by atoms with E-state index in [1.807, 2.05) is 34.6 Å². The van der Waals surface area contributed by atoms with E-state index in [2.05, 4.69) is 21.3 Å². The number of amides is 4. The third-order valence-electron chi connectivity index (χ3n) is 3.59. The van der Waals surface area contributed by atoms with Crippen molar-refractivity contribution in [2.24, 2.45) is 5.92 Å². The van der Waals surface area contributed by atoms with E-state index in [-0.39, 0.29) is 35.7 Å². The molecule has 8 heteroatoms. The van der Waals surface area contributed by atoms with Crippen molar-refractivity contribution in [2.45, 2.75) is 71.5 Å². The fourth-order valence-electron chi connectivity index (χ4n) is 2.54. The Labute approximate surface area is 148 Å². The molecule has 2 atom stereocenters. The molecule has 1 fully saturated rings. The van der Waals surface area contributed by atoms with E-state index in [9.17, 15) is 19.2 Å². The molecule has 0 aromatic heterocycles. The predicted molar refractivity (Wildman–Crippen MR) is 93.5 cm³/mol. The van der Waals surface area contributed by atoms with Gasteiger partial charge in [-0.2, -0.15) is 0 Å². The van der Waals surface area contributed by atoms with Gasteiger partial charge in [-0.1, -0.05) is 13.8 Å². The molecule has 4 N–H and O–H groups in total. The second-order valence-electron chi connectivity index (χ2n) is 7.87. The zero-order chi connectivity index (χ0) is 19.2. The van der Waals surface area contributed by atoms with Gasteiger partial charge in [0.2, 0.25) is 23.6 Å². The molecule has 0 aromatic rings. The summed E-state index contributed by atoms with van der Waals surface area (Å²) in [6, 6.07) is -1.34. The average Bonchev–Trinajstić information content (AvgIpc) is 2.88. The molecule has 0 aromatic carbocycles. The van der Waals surface area contributed by atoms with Gasteiger partial charge in [0.25, 0.3) is 0 Å². The summed E-state index contributed by atoms with van der Waals surface area (Å²) in [7, 11) is 0. The van der Waals surface area contributed by atoms with Crippen LogP contribution in [-0.4, -0.2) is 47.8 Å². The number of nitrogens with one attached hydrogen (secondary N) is 4. The Kier molecular flexibility index (Phi) is 7.38. The Balaban J connectivity index is 2.58. The predicted octanol–water partition coefficient (Wildman–Crippen LogP) is -0.173. The third kappa shape index (κ3) is 8.00. The molecule has 0 spiro atoms. The van der Waals surface area contributed by atoms with Gasteiger partial charge >= 0.3 is 0 Å². The lowest BCUT2D eigenvalue weighted by atomic mass is 10.0. The van der Waals surface area contributed by atoms with Crippen LogP contribution in [-0.2, 0) is 19.2 Å². The largest absolute Gasteiger partial charge is 0.350 e. The molecule has 1 aliphatic heterocycles. The van der Waals surface area contributed by atoms with Crippen LogP contribution in [0.2, 0.25) is 0 Å². The van der Waals surface area contributed by atoms with Crippen molar-refractivity contribution >= 4 is 23.6 Å². The lowest BCUT2D eigenvalue weighted by Gasteiger charge is -2.23. The summed E-state index contributed by atoms with van der Waals surface area (Å²) in [4.78, 5) is 47.6. The summed E-state index contributed by atoms with van der Waals surface area (Å²) in [5.74, 6) is -1.05. The molecule has 1 heterocycles. The van der Waals surface area contributed by atoms with Gasteiger partial charge in [0.15, 0.2) is 0 Å². The highest BCUT2D eigenvalue weighted by Crippen LogP contribution is 2.09. The van der Waals surface area contributed by atoms with Crippen LogP contribution < -0.4 is 21.3 Å². The molecule has 25 heavy (non-hydrogen) atoms. The molecular formula is C17H30N4O4. The van der Waals surface area contributed by atoms with Gasteiger partial charge in [-0.15, -0.1) is 0 Å². The summed E-state index contributed by atoms with van der Waals surface area (Å²) in [6.45, 7) is 9.28. The first kappa shape index (κ1) is 20.9. The summed E-state index contributed by atoms with van der Waals surface area (Å²) in [6.07, 6.45) is 1.18. The molecule has 1 rings (SSSR count). The maximum absolute atomic E-state index is 12.4. The van der Waals surface area contributed by atoms with Crippen molar-refractivity contribution in [3.8, 4) is 0 Å². The molecule has 0 bridgehead atoms. The number of hydrogen-bond donors (Lipinski definition) is 4. The van der Waals surface area contributed by atoms with Crippen LogP contribution in [0.4, 0.5) is 0 Å². The van der Waals surface area contributed by atoms with Gasteiger partial charge in [-0.05, 0) is 39.5 Å². The summed E-state index contributed by atoms with van der Waals surface area (Å²) < 4.78 is 0. The van der Waals surface area contributed by atoms with Crippen molar-refractivity contribution in [1.82, 2.24) is 21.3 Å². The molecule has 0 aliphatic carbocycles. The topological polar surface area (TPSA) is 116 Å². The second kappa shape index (κ2) is 8.82. The zero-order valence-electron chi connectivity index (χ0n) is 15.7. The van der Waals surface area contributed by atoms with Crippen LogP contribution in [0.1, 0.15) is 53.9 Å². The number of rotatable bonds is 7. The van der Waals surface area contributed by atoms with Gasteiger partial charge in [-0.25, -0.2) is 0 Å². The Bertz CT molecular complexity index is 525. The molecule has 8 nitrogen and oxygen atoms in total. The Morgan fingerprint density at radius 3 is 2.36 bits per heavy atom. The van der Waals surface area contributed by atoms with E-state index in [1.165, 1.54) is 0 Å². The minimum atomic E-state index is -0.743. The average molecular weight is 354 g/mol. The van der Waals surface area contributed by atoms with Crippen LogP contribution in [0.3, 0.4) is 0 Å². The summed E-state index contributed by atoms with van der Waals surface area (Å²) >= 11 is 0. The first-order chi connectivity index (χ1) is 11.5. The number of hydrogen-bond acceptors (Lipinski definition) is 4. The maximum atomic E-state index is 12.4. The molecule has 1 saturated heterocycles. The van der Waals surface area contributed by atoms with E-state index in [0.29, 0.717) is 19.3 Å². The number of carbonyl (C=O) groups is 4. The molecule has 0 unspecified atom stereocenters. The molecule has 4 amide bonds. The van der Waals surface area contributed by atoms with Crippen molar-refractivity contribution in [1.29, 1.82) is 0 Å². The van der Waals surface area contributed by atoms with E-state index in [1.54, 1.807) is 0 Å². The highest BCUT2D eigenvalue weighted by atomic mass is 16.2. The Morgan fingerprint density at radius 2 is 1.88 bits per heavy atom. The normalized spacial score (nSPS) is 18.5. The second-order valence-corrected chi connectivity index (χ2v) is 7.87. The van der Waals surface area contributed by atoms with Crippen molar-refractivity contribution in [2.75, 3.05) is 6.54 Å². The molecular weight excluding hydrogens is 324 g/mol. The molecule has 1 aliphatic rings. The molecule has 0 saturated carbocycles. The summed E-state index contributed by atoms with van der Waals surface area (Å²) in [5.41, 5.74) is -0.381.